The summed E-state index contributed by atoms with van der Waals surface area (Å²) in [6.07, 6.45) is 9.34. The van der Waals surface area contributed by atoms with Crippen LogP contribution in [0.5, 0.6) is 0 Å². The molecule has 0 aromatic heterocycles. The van der Waals surface area contributed by atoms with Crippen LogP contribution in [0.4, 0.5) is 0 Å². The Kier molecular flexibility index (Phi) is 8.22. The van der Waals surface area contributed by atoms with E-state index in [4.69, 9.17) is 4.74 Å². The van der Waals surface area contributed by atoms with E-state index in [-0.39, 0.29) is 5.97 Å². The van der Waals surface area contributed by atoms with E-state index >= 15 is 0 Å². The predicted molar refractivity (Wildman–Crippen MR) is 68.2 cm³/mol. The van der Waals surface area contributed by atoms with E-state index in [9.17, 15) is 4.79 Å². The van der Waals surface area contributed by atoms with Crippen molar-refractivity contribution in [1.82, 2.24) is 0 Å². The van der Waals surface area contributed by atoms with Gasteiger partial charge in [-0.15, -0.1) is 0 Å². The van der Waals surface area contributed by atoms with Crippen LogP contribution >= 0.6 is 0 Å². The largest absolute Gasteiger partial charge is 0.458 e. The third kappa shape index (κ3) is 9.25. The van der Waals surface area contributed by atoms with E-state index < -0.39 is 0 Å². The molecule has 0 saturated carbocycles. The van der Waals surface area contributed by atoms with Crippen molar-refractivity contribution >= 4 is 5.97 Å². The second kappa shape index (κ2) is 8.96. The highest BCUT2D eigenvalue weighted by Crippen LogP contribution is 2.06. The van der Waals surface area contributed by atoms with Crippen molar-refractivity contribution in [2.75, 3.05) is 6.61 Å². The normalized spacial score (nSPS) is 11.6. The number of allylic oxidation sites excluding steroid dienone is 4. The topological polar surface area (TPSA) is 26.3 Å². The number of carbonyl (C=O) groups excluding carboxylic acids is 1. The van der Waals surface area contributed by atoms with Crippen molar-refractivity contribution in [2.45, 2.75) is 40.5 Å². The van der Waals surface area contributed by atoms with Gasteiger partial charge in [-0.25, -0.2) is 4.79 Å². The minimum atomic E-state index is -0.282. The summed E-state index contributed by atoms with van der Waals surface area (Å²) in [5.41, 5.74) is 2.60. The number of esters is 1. The molecule has 0 aromatic rings. The van der Waals surface area contributed by atoms with Crippen LogP contribution in [-0.4, -0.2) is 12.6 Å². The first-order valence-corrected chi connectivity index (χ1v) is 5.64. The summed E-state index contributed by atoms with van der Waals surface area (Å²) in [4.78, 5) is 11.0. The van der Waals surface area contributed by atoms with Crippen LogP contribution < -0.4 is 0 Å². The Morgan fingerprint density at radius 2 is 1.88 bits per heavy atom. The molecule has 0 aliphatic rings. The molecule has 0 fully saturated rings. The van der Waals surface area contributed by atoms with Crippen LogP contribution in [0.3, 0.4) is 0 Å². The Balaban J connectivity index is 3.79. The highest BCUT2D eigenvalue weighted by molar-refractivity contribution is 5.81. The van der Waals surface area contributed by atoms with Crippen molar-refractivity contribution in [2.24, 2.45) is 0 Å². The lowest BCUT2D eigenvalue weighted by molar-refractivity contribution is -0.136. The Hall–Kier alpha value is -1.31. The van der Waals surface area contributed by atoms with E-state index in [0.29, 0.717) is 6.61 Å². The van der Waals surface area contributed by atoms with Gasteiger partial charge in [-0.1, -0.05) is 23.3 Å². The van der Waals surface area contributed by atoms with E-state index in [1.54, 1.807) is 13.0 Å². The Bertz CT molecular complexity index is 292. The molecular weight excluding hydrogens is 200 g/mol. The van der Waals surface area contributed by atoms with E-state index in [0.717, 1.165) is 12.8 Å². The fourth-order valence-corrected chi connectivity index (χ4v) is 1.14. The van der Waals surface area contributed by atoms with Crippen molar-refractivity contribution in [3.8, 4) is 0 Å². The van der Waals surface area contributed by atoms with E-state index in [1.807, 2.05) is 6.08 Å². The summed E-state index contributed by atoms with van der Waals surface area (Å²) in [6, 6.07) is 0. The molecule has 0 radical (unpaired) electrons. The lowest BCUT2D eigenvalue weighted by Crippen LogP contribution is -2.00. The number of hydrogen-bond acceptors (Lipinski definition) is 2. The average Bonchev–Trinajstić information content (AvgIpc) is 2.17. The lowest BCUT2D eigenvalue weighted by Gasteiger charge is -2.00. The van der Waals surface area contributed by atoms with Gasteiger partial charge in [0.2, 0.25) is 0 Å². The third-order valence-electron chi connectivity index (χ3n) is 2.05. The zero-order chi connectivity index (χ0) is 12.4. The van der Waals surface area contributed by atoms with Gasteiger partial charge in [0.05, 0.1) is 0 Å². The Labute approximate surface area is 98.7 Å². The Morgan fingerprint density at radius 1 is 1.19 bits per heavy atom. The zero-order valence-electron chi connectivity index (χ0n) is 10.7. The highest BCUT2D eigenvalue weighted by Gasteiger charge is 1.94. The van der Waals surface area contributed by atoms with Gasteiger partial charge in [-0.2, -0.15) is 0 Å². The van der Waals surface area contributed by atoms with Gasteiger partial charge in [0.15, 0.2) is 0 Å². The lowest BCUT2D eigenvalue weighted by atomic mass is 10.1. The third-order valence-corrected chi connectivity index (χ3v) is 2.05. The van der Waals surface area contributed by atoms with Gasteiger partial charge in [0, 0.05) is 6.08 Å². The molecule has 90 valence electrons. The second-order valence-corrected chi connectivity index (χ2v) is 4.00. The first-order valence-electron chi connectivity index (χ1n) is 5.64. The molecule has 0 aliphatic carbocycles. The predicted octanol–water partition coefficient (Wildman–Crippen LogP) is 3.80. The molecule has 0 aromatic carbocycles. The molecule has 16 heavy (non-hydrogen) atoms. The van der Waals surface area contributed by atoms with Crippen LogP contribution in [0.25, 0.3) is 0 Å². The number of hydrogen-bond donors (Lipinski definition) is 0. The standard InChI is InChI=1S/C14H22O2/c1-5-7-14(15)16-11-10-13(4)9-6-8-12(2)3/h5,7-8,10H,6,9,11H2,1-4H3/b7-5-,13-10-. The molecule has 2 heteroatoms. The van der Waals surface area contributed by atoms with Crippen molar-refractivity contribution in [3.63, 3.8) is 0 Å². The molecule has 0 saturated heterocycles. The van der Waals surface area contributed by atoms with Gasteiger partial charge >= 0.3 is 5.97 Å². The highest BCUT2D eigenvalue weighted by atomic mass is 16.5. The van der Waals surface area contributed by atoms with Gasteiger partial charge in [-0.05, 0) is 46.6 Å². The van der Waals surface area contributed by atoms with Crippen LogP contribution in [0.15, 0.2) is 35.5 Å². The first-order chi connectivity index (χ1) is 7.56. The maximum Gasteiger partial charge on any atom is 0.330 e. The summed E-state index contributed by atoms with van der Waals surface area (Å²) < 4.78 is 4.96. The monoisotopic (exact) mass is 222 g/mol. The van der Waals surface area contributed by atoms with Crippen molar-refractivity contribution in [1.29, 1.82) is 0 Å². The zero-order valence-corrected chi connectivity index (χ0v) is 10.7. The molecule has 0 N–H and O–H groups in total. The van der Waals surface area contributed by atoms with Crippen molar-refractivity contribution < 1.29 is 9.53 Å². The molecular formula is C14H22O2. The van der Waals surface area contributed by atoms with E-state index in [1.165, 1.54) is 17.2 Å². The van der Waals surface area contributed by atoms with Gasteiger partial charge in [0.25, 0.3) is 0 Å². The van der Waals surface area contributed by atoms with Crippen LogP contribution in [0, 0.1) is 0 Å². The number of ether oxygens (including phenoxy) is 1. The maximum absolute atomic E-state index is 11.0. The summed E-state index contributed by atoms with van der Waals surface area (Å²) >= 11 is 0. The molecule has 2 nitrogen and oxygen atoms in total. The summed E-state index contributed by atoms with van der Waals surface area (Å²) in [5, 5.41) is 0. The molecule has 0 rings (SSSR count). The summed E-state index contributed by atoms with van der Waals surface area (Å²) in [7, 11) is 0. The maximum atomic E-state index is 11.0. The molecule has 0 spiro atoms. The smallest absolute Gasteiger partial charge is 0.330 e. The van der Waals surface area contributed by atoms with Crippen molar-refractivity contribution in [3.05, 3.63) is 35.5 Å². The summed E-state index contributed by atoms with van der Waals surface area (Å²) in [5.74, 6) is -0.282. The average molecular weight is 222 g/mol. The van der Waals surface area contributed by atoms with Crippen LogP contribution in [0.2, 0.25) is 0 Å². The molecule has 0 amide bonds. The van der Waals surface area contributed by atoms with Gasteiger partial charge < -0.3 is 4.74 Å². The molecule has 0 unspecified atom stereocenters. The fraction of sp³-hybridized carbons (Fsp3) is 0.500. The first kappa shape index (κ1) is 14.7. The van der Waals surface area contributed by atoms with Crippen LogP contribution in [-0.2, 0) is 9.53 Å². The molecule has 0 bridgehead atoms. The Morgan fingerprint density at radius 3 is 2.44 bits per heavy atom. The quantitative estimate of drug-likeness (QED) is 0.388. The van der Waals surface area contributed by atoms with Gasteiger partial charge in [0.1, 0.15) is 6.61 Å². The number of rotatable bonds is 6. The minimum Gasteiger partial charge on any atom is -0.458 e. The number of carbonyl (C=O) groups is 1. The summed E-state index contributed by atoms with van der Waals surface area (Å²) in [6.45, 7) is 8.41. The second-order valence-electron chi connectivity index (χ2n) is 4.00. The van der Waals surface area contributed by atoms with Gasteiger partial charge in [-0.3, -0.25) is 0 Å². The molecule has 0 atom stereocenters. The van der Waals surface area contributed by atoms with E-state index in [2.05, 4.69) is 26.8 Å². The van der Waals surface area contributed by atoms with Crippen LogP contribution in [0.1, 0.15) is 40.5 Å². The minimum absolute atomic E-state index is 0.282. The molecule has 0 aliphatic heterocycles. The SMILES string of the molecule is C/C=C\C(=O)OC/C=C(/C)CCC=C(C)C. The fourth-order valence-electron chi connectivity index (χ4n) is 1.14. The molecule has 0 heterocycles.